The van der Waals surface area contributed by atoms with Crippen molar-refractivity contribution >= 4 is 36.4 Å². The quantitative estimate of drug-likeness (QED) is 0.786. The standard InChI is InChI=1S/C16H19N3O3.2ClH/c1-9-14(21-8-18-9)15(20)19-12-7-16(2,3)22-13-5-4-10(17)6-11(12)13;;/h4-6,8,12H,7,17H2,1-3H3,(H,19,20);2*1H. The number of aryl methyl sites for hydroxylation is 1. The van der Waals surface area contributed by atoms with Crippen LogP contribution in [0.5, 0.6) is 5.75 Å². The van der Waals surface area contributed by atoms with Crippen molar-refractivity contribution in [3.05, 3.63) is 41.6 Å². The van der Waals surface area contributed by atoms with Gasteiger partial charge in [-0.3, -0.25) is 4.79 Å². The van der Waals surface area contributed by atoms with Crippen LogP contribution in [0.4, 0.5) is 5.69 Å². The van der Waals surface area contributed by atoms with Crippen molar-refractivity contribution in [1.29, 1.82) is 0 Å². The van der Waals surface area contributed by atoms with E-state index < -0.39 is 0 Å². The van der Waals surface area contributed by atoms with Crippen molar-refractivity contribution in [2.45, 2.75) is 38.8 Å². The molecule has 0 aliphatic carbocycles. The molecule has 1 atom stereocenters. The fourth-order valence-corrected chi connectivity index (χ4v) is 2.75. The second kappa shape index (κ2) is 7.32. The van der Waals surface area contributed by atoms with Gasteiger partial charge < -0.3 is 20.2 Å². The topological polar surface area (TPSA) is 90.4 Å². The number of amides is 1. The maximum Gasteiger partial charge on any atom is 0.289 e. The number of nitrogens with one attached hydrogen (secondary N) is 1. The van der Waals surface area contributed by atoms with Crippen molar-refractivity contribution in [3.8, 4) is 5.75 Å². The first-order chi connectivity index (χ1) is 10.4. The summed E-state index contributed by atoms with van der Waals surface area (Å²) in [5.41, 5.74) is 7.57. The summed E-state index contributed by atoms with van der Waals surface area (Å²) in [5.74, 6) is 0.686. The van der Waals surface area contributed by atoms with E-state index in [0.29, 0.717) is 17.8 Å². The van der Waals surface area contributed by atoms with E-state index in [1.165, 1.54) is 6.39 Å². The fraction of sp³-hybridized carbons (Fsp3) is 0.375. The highest BCUT2D eigenvalue weighted by Crippen LogP contribution is 2.40. The Hall–Kier alpha value is -1.92. The van der Waals surface area contributed by atoms with E-state index in [2.05, 4.69) is 10.3 Å². The van der Waals surface area contributed by atoms with E-state index in [-0.39, 0.29) is 48.1 Å². The van der Waals surface area contributed by atoms with Gasteiger partial charge in [0.15, 0.2) is 6.39 Å². The number of oxazole rings is 1. The SMILES string of the molecule is Cc1ncoc1C(=O)NC1CC(C)(C)Oc2ccc(N)cc21.Cl.Cl. The second-order valence-electron chi connectivity index (χ2n) is 6.16. The van der Waals surface area contributed by atoms with E-state index >= 15 is 0 Å². The van der Waals surface area contributed by atoms with Gasteiger partial charge in [0.2, 0.25) is 5.76 Å². The molecule has 0 fully saturated rings. The van der Waals surface area contributed by atoms with Crippen LogP contribution in [0.1, 0.15) is 48.1 Å². The zero-order chi connectivity index (χ0) is 15.9. The number of nitrogens with two attached hydrogens (primary N) is 1. The molecule has 1 unspecified atom stereocenters. The van der Waals surface area contributed by atoms with Gasteiger partial charge in [-0.05, 0) is 39.0 Å². The Bertz CT molecular complexity index is 731. The number of nitrogens with zero attached hydrogens (tertiary/aromatic N) is 1. The van der Waals surface area contributed by atoms with E-state index in [1.807, 2.05) is 26.0 Å². The van der Waals surface area contributed by atoms with E-state index in [0.717, 1.165) is 11.3 Å². The largest absolute Gasteiger partial charge is 0.487 e. The lowest BCUT2D eigenvalue weighted by molar-refractivity contribution is 0.0611. The first-order valence-corrected chi connectivity index (χ1v) is 7.15. The molecule has 8 heteroatoms. The van der Waals surface area contributed by atoms with Gasteiger partial charge in [0, 0.05) is 17.7 Å². The van der Waals surface area contributed by atoms with Gasteiger partial charge in [0.25, 0.3) is 5.91 Å². The van der Waals surface area contributed by atoms with Crippen molar-refractivity contribution in [3.63, 3.8) is 0 Å². The first kappa shape index (κ1) is 20.1. The van der Waals surface area contributed by atoms with Crippen molar-refractivity contribution < 1.29 is 13.9 Å². The molecule has 6 nitrogen and oxygen atoms in total. The third-order valence-corrected chi connectivity index (χ3v) is 3.75. The highest BCUT2D eigenvalue weighted by molar-refractivity contribution is 5.92. The number of nitrogen functional groups attached to an aromatic ring is 1. The van der Waals surface area contributed by atoms with E-state index in [9.17, 15) is 4.79 Å². The number of aromatic nitrogens is 1. The lowest BCUT2D eigenvalue weighted by Crippen LogP contribution is -2.41. The predicted octanol–water partition coefficient (Wildman–Crippen LogP) is 3.44. The average Bonchev–Trinajstić information content (AvgIpc) is 2.85. The number of hydrogen-bond acceptors (Lipinski definition) is 5. The predicted molar refractivity (Wildman–Crippen MR) is 96.1 cm³/mol. The molecular formula is C16H21Cl2N3O3. The summed E-state index contributed by atoms with van der Waals surface area (Å²) in [6, 6.07) is 5.27. The zero-order valence-electron chi connectivity index (χ0n) is 13.7. The van der Waals surface area contributed by atoms with E-state index in [1.54, 1.807) is 13.0 Å². The molecule has 3 rings (SSSR count). The third-order valence-electron chi connectivity index (χ3n) is 3.75. The van der Waals surface area contributed by atoms with Crippen LogP contribution < -0.4 is 15.8 Å². The number of benzene rings is 1. The Kier molecular flexibility index (Phi) is 6.14. The molecule has 2 heterocycles. The molecule has 24 heavy (non-hydrogen) atoms. The van der Waals surface area contributed by atoms with Crippen LogP contribution in [0.25, 0.3) is 0 Å². The number of halogens is 2. The molecule has 0 bridgehead atoms. The Labute approximate surface area is 153 Å². The van der Waals surface area contributed by atoms with Crippen molar-refractivity contribution in [2.75, 3.05) is 5.73 Å². The van der Waals surface area contributed by atoms with Gasteiger partial charge in [0.05, 0.1) is 11.7 Å². The minimum Gasteiger partial charge on any atom is -0.487 e. The Balaban J connectivity index is 0.00000144. The number of fused-ring (bicyclic) bond motifs is 1. The molecule has 0 saturated carbocycles. The molecule has 132 valence electrons. The van der Waals surface area contributed by atoms with Crippen LogP contribution in [0.15, 0.2) is 29.0 Å². The van der Waals surface area contributed by atoms with Gasteiger partial charge in [-0.1, -0.05) is 0 Å². The number of anilines is 1. The fourth-order valence-electron chi connectivity index (χ4n) is 2.75. The van der Waals surface area contributed by atoms with Crippen molar-refractivity contribution in [2.24, 2.45) is 0 Å². The second-order valence-corrected chi connectivity index (χ2v) is 6.16. The average molecular weight is 374 g/mol. The summed E-state index contributed by atoms with van der Waals surface area (Å²) in [4.78, 5) is 16.3. The zero-order valence-corrected chi connectivity index (χ0v) is 15.3. The van der Waals surface area contributed by atoms with Crippen LogP contribution in [-0.4, -0.2) is 16.5 Å². The van der Waals surface area contributed by atoms with Crippen molar-refractivity contribution in [1.82, 2.24) is 10.3 Å². The molecule has 1 amide bonds. The molecule has 3 N–H and O–H groups in total. The minimum absolute atomic E-state index is 0. The number of carbonyl (C=O) groups is 1. The summed E-state index contributed by atoms with van der Waals surface area (Å²) in [5, 5.41) is 2.99. The Morgan fingerprint density at radius 2 is 2.08 bits per heavy atom. The number of carbonyl (C=O) groups excluding carboxylic acids is 1. The van der Waals surface area contributed by atoms with Gasteiger partial charge in [0.1, 0.15) is 11.4 Å². The van der Waals surface area contributed by atoms with E-state index in [4.69, 9.17) is 14.9 Å². The monoisotopic (exact) mass is 373 g/mol. The molecule has 1 aromatic carbocycles. The summed E-state index contributed by atoms with van der Waals surface area (Å²) in [7, 11) is 0. The Morgan fingerprint density at radius 3 is 2.71 bits per heavy atom. The smallest absolute Gasteiger partial charge is 0.289 e. The molecule has 1 aromatic heterocycles. The molecular weight excluding hydrogens is 353 g/mol. The molecule has 2 aromatic rings. The third kappa shape index (κ3) is 3.94. The summed E-state index contributed by atoms with van der Waals surface area (Å²) in [6.07, 6.45) is 1.91. The van der Waals surface area contributed by atoms with Crippen LogP contribution in [-0.2, 0) is 0 Å². The maximum absolute atomic E-state index is 12.4. The summed E-state index contributed by atoms with van der Waals surface area (Å²) in [6.45, 7) is 5.72. The number of rotatable bonds is 2. The molecule has 0 spiro atoms. The number of hydrogen-bond donors (Lipinski definition) is 2. The highest BCUT2D eigenvalue weighted by atomic mass is 35.5. The highest BCUT2D eigenvalue weighted by Gasteiger charge is 2.35. The van der Waals surface area contributed by atoms with Crippen LogP contribution >= 0.6 is 24.8 Å². The number of ether oxygens (including phenoxy) is 1. The molecule has 0 radical (unpaired) electrons. The van der Waals surface area contributed by atoms with Gasteiger partial charge in [-0.25, -0.2) is 4.98 Å². The van der Waals surface area contributed by atoms with Crippen LogP contribution in [0.3, 0.4) is 0 Å². The minimum atomic E-state index is -0.377. The first-order valence-electron chi connectivity index (χ1n) is 7.15. The molecule has 0 saturated heterocycles. The lowest BCUT2D eigenvalue weighted by atomic mass is 9.89. The normalized spacial score (nSPS) is 17.5. The van der Waals surface area contributed by atoms with Gasteiger partial charge in [-0.15, -0.1) is 24.8 Å². The van der Waals surface area contributed by atoms with Gasteiger partial charge in [-0.2, -0.15) is 0 Å². The van der Waals surface area contributed by atoms with Gasteiger partial charge >= 0.3 is 0 Å². The molecule has 1 aliphatic heterocycles. The summed E-state index contributed by atoms with van der Waals surface area (Å²) >= 11 is 0. The van der Waals surface area contributed by atoms with Crippen LogP contribution in [0, 0.1) is 6.92 Å². The lowest BCUT2D eigenvalue weighted by Gasteiger charge is -2.37. The molecule has 1 aliphatic rings. The Morgan fingerprint density at radius 1 is 1.38 bits per heavy atom. The summed E-state index contributed by atoms with van der Waals surface area (Å²) < 4.78 is 11.1. The maximum atomic E-state index is 12.4. The van der Waals surface area contributed by atoms with Crippen LogP contribution in [0.2, 0.25) is 0 Å².